The van der Waals surface area contributed by atoms with E-state index in [-0.39, 0.29) is 5.91 Å². The van der Waals surface area contributed by atoms with Gasteiger partial charge >= 0.3 is 0 Å². The zero-order valence-corrected chi connectivity index (χ0v) is 15.1. The molecule has 0 bridgehead atoms. The standard InChI is InChI=1S/C19H17N3O3S/c1-11-16(18(24)22-14-7-3-12(4-8-14)17(20)23)26-19(21-11)13-5-9-15(25-2)10-6-13/h3-10H,1-2H3,(H2,20,23)(H,22,24). The summed E-state index contributed by atoms with van der Waals surface area (Å²) in [5.41, 5.74) is 7.76. The van der Waals surface area contributed by atoms with Crippen LogP contribution in [0.1, 0.15) is 25.7 Å². The molecular formula is C19H17N3O3S. The van der Waals surface area contributed by atoms with Gasteiger partial charge in [0.05, 0.1) is 12.8 Å². The Morgan fingerprint density at radius 2 is 1.73 bits per heavy atom. The summed E-state index contributed by atoms with van der Waals surface area (Å²) in [6.07, 6.45) is 0. The molecule has 0 saturated carbocycles. The minimum Gasteiger partial charge on any atom is -0.497 e. The number of nitrogens with two attached hydrogens (primary N) is 1. The van der Waals surface area contributed by atoms with E-state index in [9.17, 15) is 9.59 Å². The van der Waals surface area contributed by atoms with Crippen molar-refractivity contribution in [1.82, 2.24) is 4.98 Å². The number of carbonyl (C=O) groups excluding carboxylic acids is 2. The summed E-state index contributed by atoms with van der Waals surface area (Å²) >= 11 is 1.32. The number of primary amides is 1. The van der Waals surface area contributed by atoms with Gasteiger partial charge in [0.25, 0.3) is 5.91 Å². The SMILES string of the molecule is COc1ccc(-c2nc(C)c(C(=O)Nc3ccc(C(N)=O)cc3)s2)cc1. The number of amides is 2. The van der Waals surface area contributed by atoms with E-state index in [1.807, 2.05) is 24.3 Å². The minimum atomic E-state index is -0.509. The van der Waals surface area contributed by atoms with Crippen LogP contribution in [0.2, 0.25) is 0 Å². The van der Waals surface area contributed by atoms with E-state index in [4.69, 9.17) is 10.5 Å². The molecule has 26 heavy (non-hydrogen) atoms. The highest BCUT2D eigenvalue weighted by Gasteiger charge is 2.16. The predicted octanol–water partition coefficient (Wildman–Crippen LogP) is 3.48. The number of benzene rings is 2. The fourth-order valence-corrected chi connectivity index (χ4v) is 3.34. The van der Waals surface area contributed by atoms with Gasteiger partial charge in [-0.3, -0.25) is 9.59 Å². The molecule has 132 valence electrons. The average Bonchev–Trinajstić information content (AvgIpc) is 3.04. The second-order valence-electron chi connectivity index (χ2n) is 5.56. The van der Waals surface area contributed by atoms with Crippen LogP contribution in [0.5, 0.6) is 5.75 Å². The van der Waals surface area contributed by atoms with Crippen molar-refractivity contribution in [3.63, 3.8) is 0 Å². The van der Waals surface area contributed by atoms with E-state index in [0.717, 1.165) is 16.3 Å². The van der Waals surface area contributed by atoms with Gasteiger partial charge < -0.3 is 15.8 Å². The quantitative estimate of drug-likeness (QED) is 0.722. The first-order chi connectivity index (χ1) is 12.5. The summed E-state index contributed by atoms with van der Waals surface area (Å²) in [4.78, 5) is 28.7. The topological polar surface area (TPSA) is 94.3 Å². The molecule has 0 saturated heterocycles. The largest absolute Gasteiger partial charge is 0.497 e. The minimum absolute atomic E-state index is 0.244. The summed E-state index contributed by atoms with van der Waals surface area (Å²) < 4.78 is 5.15. The normalized spacial score (nSPS) is 10.4. The molecule has 3 N–H and O–H groups in total. The van der Waals surface area contributed by atoms with Crippen LogP contribution in [0.15, 0.2) is 48.5 Å². The first-order valence-electron chi connectivity index (χ1n) is 7.81. The Morgan fingerprint density at radius 3 is 2.31 bits per heavy atom. The van der Waals surface area contributed by atoms with Crippen molar-refractivity contribution >= 4 is 28.8 Å². The highest BCUT2D eigenvalue weighted by molar-refractivity contribution is 7.17. The van der Waals surface area contributed by atoms with Crippen LogP contribution < -0.4 is 15.8 Å². The molecule has 0 atom stereocenters. The molecule has 1 heterocycles. The van der Waals surface area contributed by atoms with Crippen molar-refractivity contribution in [1.29, 1.82) is 0 Å². The van der Waals surface area contributed by atoms with Crippen LogP contribution in [-0.2, 0) is 0 Å². The number of anilines is 1. The number of aromatic nitrogens is 1. The number of hydrogen-bond donors (Lipinski definition) is 2. The third-order valence-corrected chi connectivity index (χ3v) is 4.97. The first-order valence-corrected chi connectivity index (χ1v) is 8.62. The number of nitrogens with zero attached hydrogens (tertiary/aromatic N) is 1. The number of carbonyl (C=O) groups is 2. The first kappa shape index (κ1) is 17.6. The molecule has 3 rings (SSSR count). The Bertz CT molecular complexity index is 947. The summed E-state index contributed by atoms with van der Waals surface area (Å²) in [5, 5.41) is 3.57. The second kappa shape index (κ2) is 7.37. The van der Waals surface area contributed by atoms with Gasteiger partial charge in [-0.1, -0.05) is 0 Å². The maximum atomic E-state index is 12.5. The van der Waals surface area contributed by atoms with E-state index < -0.39 is 5.91 Å². The smallest absolute Gasteiger partial charge is 0.267 e. The van der Waals surface area contributed by atoms with Gasteiger partial charge in [-0.15, -0.1) is 11.3 Å². The molecule has 0 radical (unpaired) electrons. The predicted molar refractivity (Wildman–Crippen MR) is 102 cm³/mol. The highest BCUT2D eigenvalue weighted by atomic mass is 32.1. The third kappa shape index (κ3) is 3.73. The highest BCUT2D eigenvalue weighted by Crippen LogP contribution is 2.29. The number of hydrogen-bond acceptors (Lipinski definition) is 5. The molecule has 0 spiro atoms. The Balaban J connectivity index is 1.79. The lowest BCUT2D eigenvalue weighted by Gasteiger charge is -2.04. The third-order valence-electron chi connectivity index (χ3n) is 3.77. The van der Waals surface area contributed by atoms with Crippen molar-refractivity contribution in [2.75, 3.05) is 12.4 Å². The van der Waals surface area contributed by atoms with Gasteiger partial charge in [0.15, 0.2) is 0 Å². The van der Waals surface area contributed by atoms with E-state index in [0.29, 0.717) is 21.8 Å². The monoisotopic (exact) mass is 367 g/mol. The van der Waals surface area contributed by atoms with Crippen LogP contribution in [-0.4, -0.2) is 23.9 Å². The van der Waals surface area contributed by atoms with Gasteiger partial charge in [0, 0.05) is 16.8 Å². The number of methoxy groups -OCH3 is 1. The van der Waals surface area contributed by atoms with Gasteiger partial charge in [0.1, 0.15) is 15.6 Å². The second-order valence-corrected chi connectivity index (χ2v) is 6.56. The molecule has 7 heteroatoms. The maximum absolute atomic E-state index is 12.5. The molecule has 2 aromatic carbocycles. The van der Waals surface area contributed by atoms with Gasteiger partial charge in [-0.25, -0.2) is 4.98 Å². The number of rotatable bonds is 5. The molecule has 1 aromatic heterocycles. The summed E-state index contributed by atoms with van der Waals surface area (Å²) in [6.45, 7) is 1.80. The van der Waals surface area contributed by atoms with Gasteiger partial charge in [-0.2, -0.15) is 0 Å². The number of ether oxygens (including phenoxy) is 1. The van der Waals surface area contributed by atoms with Gasteiger partial charge in [-0.05, 0) is 55.5 Å². The molecule has 2 amide bonds. The molecule has 6 nitrogen and oxygen atoms in total. The summed E-state index contributed by atoms with van der Waals surface area (Å²) in [6, 6.07) is 13.9. The Morgan fingerprint density at radius 1 is 1.08 bits per heavy atom. The molecule has 0 aliphatic heterocycles. The number of nitrogens with one attached hydrogen (secondary N) is 1. The average molecular weight is 367 g/mol. The summed E-state index contributed by atoms with van der Waals surface area (Å²) in [7, 11) is 1.61. The molecular weight excluding hydrogens is 350 g/mol. The van der Waals surface area contributed by atoms with Crippen molar-refractivity contribution in [2.45, 2.75) is 6.92 Å². The van der Waals surface area contributed by atoms with E-state index in [1.54, 1.807) is 38.3 Å². The van der Waals surface area contributed by atoms with E-state index >= 15 is 0 Å². The Labute approximate surface area is 154 Å². The summed E-state index contributed by atoms with van der Waals surface area (Å²) in [5.74, 6) is 0.0105. The van der Waals surface area contributed by atoms with Crippen molar-refractivity contribution < 1.29 is 14.3 Å². The van der Waals surface area contributed by atoms with Crippen LogP contribution in [0.4, 0.5) is 5.69 Å². The fraction of sp³-hybridized carbons (Fsp3) is 0.105. The van der Waals surface area contributed by atoms with Crippen molar-refractivity contribution in [3.8, 4) is 16.3 Å². The fourth-order valence-electron chi connectivity index (χ4n) is 2.37. The van der Waals surface area contributed by atoms with Gasteiger partial charge in [0.2, 0.25) is 5.91 Å². The molecule has 0 aliphatic rings. The Kier molecular flexibility index (Phi) is 4.99. The molecule has 3 aromatic rings. The molecule has 0 unspecified atom stereocenters. The van der Waals surface area contributed by atoms with Crippen LogP contribution in [0, 0.1) is 6.92 Å². The zero-order valence-electron chi connectivity index (χ0n) is 14.3. The number of aryl methyl sites for hydroxylation is 1. The molecule has 0 aliphatic carbocycles. The lowest BCUT2D eigenvalue weighted by Crippen LogP contribution is -2.13. The van der Waals surface area contributed by atoms with Crippen LogP contribution >= 0.6 is 11.3 Å². The van der Waals surface area contributed by atoms with Crippen LogP contribution in [0.3, 0.4) is 0 Å². The lowest BCUT2D eigenvalue weighted by atomic mass is 10.2. The maximum Gasteiger partial charge on any atom is 0.267 e. The Hall–Kier alpha value is -3.19. The lowest BCUT2D eigenvalue weighted by molar-refractivity contribution is 0.0998. The van der Waals surface area contributed by atoms with Crippen molar-refractivity contribution in [2.24, 2.45) is 5.73 Å². The van der Waals surface area contributed by atoms with E-state index in [1.165, 1.54) is 11.3 Å². The van der Waals surface area contributed by atoms with E-state index in [2.05, 4.69) is 10.3 Å². The number of thiazole rings is 1. The zero-order chi connectivity index (χ0) is 18.7. The molecule has 0 fully saturated rings. The van der Waals surface area contributed by atoms with Crippen LogP contribution in [0.25, 0.3) is 10.6 Å². The van der Waals surface area contributed by atoms with Crippen molar-refractivity contribution in [3.05, 3.63) is 64.7 Å².